The van der Waals surface area contributed by atoms with Crippen LogP contribution in [0.25, 0.3) is 6.08 Å². The fourth-order valence-corrected chi connectivity index (χ4v) is 4.18. The van der Waals surface area contributed by atoms with Crippen LogP contribution in [0, 0.1) is 13.8 Å². The number of thioether (sulfide) groups is 1. The van der Waals surface area contributed by atoms with Crippen molar-refractivity contribution in [1.29, 1.82) is 0 Å². The average Bonchev–Trinajstić information content (AvgIpc) is 3.25. The first-order chi connectivity index (χ1) is 15.8. The molecule has 2 aromatic rings. The van der Waals surface area contributed by atoms with E-state index in [2.05, 4.69) is 10.5 Å². The van der Waals surface area contributed by atoms with Crippen LogP contribution in [0.3, 0.4) is 0 Å². The minimum absolute atomic E-state index is 0.0601. The Morgan fingerprint density at radius 3 is 2.36 bits per heavy atom. The van der Waals surface area contributed by atoms with Crippen molar-refractivity contribution < 1.29 is 33.1 Å². The molecular weight excluding hydrogens is 450 g/mol. The van der Waals surface area contributed by atoms with Gasteiger partial charge in [0, 0.05) is 18.7 Å². The van der Waals surface area contributed by atoms with E-state index >= 15 is 0 Å². The number of benzene rings is 1. The average molecular weight is 476 g/mol. The second-order valence-electron chi connectivity index (χ2n) is 7.12. The molecular formula is C22H25N3O7S. The molecule has 1 aliphatic rings. The van der Waals surface area contributed by atoms with Gasteiger partial charge >= 0.3 is 0 Å². The van der Waals surface area contributed by atoms with Crippen molar-refractivity contribution in [3.8, 4) is 17.2 Å². The molecule has 0 atom stereocenters. The molecule has 0 aliphatic carbocycles. The minimum atomic E-state index is -0.432. The van der Waals surface area contributed by atoms with Crippen molar-refractivity contribution in [2.45, 2.75) is 20.3 Å². The van der Waals surface area contributed by atoms with E-state index < -0.39 is 11.1 Å². The molecule has 1 aromatic carbocycles. The molecule has 2 heterocycles. The van der Waals surface area contributed by atoms with Crippen LogP contribution in [0.2, 0.25) is 0 Å². The molecule has 0 spiro atoms. The van der Waals surface area contributed by atoms with Crippen LogP contribution >= 0.6 is 11.8 Å². The predicted octanol–water partition coefficient (Wildman–Crippen LogP) is 2.71. The van der Waals surface area contributed by atoms with E-state index in [0.717, 1.165) is 22.2 Å². The van der Waals surface area contributed by atoms with Crippen molar-refractivity contribution in [3.63, 3.8) is 0 Å². The lowest BCUT2D eigenvalue weighted by Gasteiger charge is -2.13. The number of hydrogen-bond donors (Lipinski definition) is 1. The highest BCUT2D eigenvalue weighted by Crippen LogP contribution is 2.40. The molecule has 0 unspecified atom stereocenters. The number of carbonyl (C=O) groups excluding carboxylic acids is 3. The maximum Gasteiger partial charge on any atom is 0.293 e. The summed E-state index contributed by atoms with van der Waals surface area (Å²) in [5.41, 5.74) is 2.00. The Morgan fingerprint density at radius 2 is 1.82 bits per heavy atom. The molecule has 1 fully saturated rings. The highest BCUT2D eigenvalue weighted by molar-refractivity contribution is 8.18. The number of imide groups is 1. The van der Waals surface area contributed by atoms with Gasteiger partial charge in [0.05, 0.1) is 38.3 Å². The van der Waals surface area contributed by atoms with Gasteiger partial charge in [-0.15, -0.1) is 0 Å². The van der Waals surface area contributed by atoms with Crippen molar-refractivity contribution in [2.75, 3.05) is 34.4 Å². The lowest BCUT2D eigenvalue weighted by molar-refractivity contribution is -0.124. The number of carbonyl (C=O) groups is 3. The van der Waals surface area contributed by atoms with Crippen molar-refractivity contribution in [1.82, 2.24) is 15.4 Å². The number of rotatable bonds is 9. The highest BCUT2D eigenvalue weighted by atomic mass is 32.2. The summed E-state index contributed by atoms with van der Waals surface area (Å²) in [7, 11) is 4.49. The SMILES string of the molecule is COc1cc(/C=C2\SC(=O)N(CCNC(=O)Cc3c(C)noc3C)C2=O)cc(OC)c1OC. The van der Waals surface area contributed by atoms with Crippen molar-refractivity contribution in [2.24, 2.45) is 0 Å². The summed E-state index contributed by atoms with van der Waals surface area (Å²) in [5, 5.41) is 6.14. The van der Waals surface area contributed by atoms with E-state index in [1.165, 1.54) is 21.3 Å². The van der Waals surface area contributed by atoms with Crippen LogP contribution < -0.4 is 19.5 Å². The molecule has 1 N–H and O–H groups in total. The lowest BCUT2D eigenvalue weighted by atomic mass is 10.1. The molecule has 0 bridgehead atoms. The summed E-state index contributed by atoms with van der Waals surface area (Å²) >= 11 is 0.832. The van der Waals surface area contributed by atoms with Gasteiger partial charge in [0.15, 0.2) is 11.5 Å². The molecule has 176 valence electrons. The number of nitrogens with zero attached hydrogens (tertiary/aromatic N) is 2. The number of methoxy groups -OCH3 is 3. The first kappa shape index (κ1) is 24.2. The third-order valence-electron chi connectivity index (χ3n) is 5.03. The van der Waals surface area contributed by atoms with Crippen LogP contribution in [-0.4, -0.2) is 61.5 Å². The number of amides is 3. The Morgan fingerprint density at radius 1 is 1.15 bits per heavy atom. The zero-order valence-electron chi connectivity index (χ0n) is 19.0. The molecule has 33 heavy (non-hydrogen) atoms. The van der Waals surface area contributed by atoms with E-state index in [9.17, 15) is 14.4 Å². The summed E-state index contributed by atoms with van der Waals surface area (Å²) in [4.78, 5) is 38.7. The van der Waals surface area contributed by atoms with Gasteiger partial charge in [-0.25, -0.2) is 0 Å². The third-order valence-corrected chi connectivity index (χ3v) is 5.94. The van der Waals surface area contributed by atoms with Crippen LogP contribution in [0.4, 0.5) is 4.79 Å². The topological polar surface area (TPSA) is 120 Å². The first-order valence-corrected chi connectivity index (χ1v) is 10.8. The van der Waals surface area contributed by atoms with Crippen molar-refractivity contribution in [3.05, 3.63) is 39.6 Å². The van der Waals surface area contributed by atoms with E-state index in [0.29, 0.717) is 34.3 Å². The van der Waals surface area contributed by atoms with Crippen molar-refractivity contribution >= 4 is 34.9 Å². The van der Waals surface area contributed by atoms with Crippen LogP contribution in [0.5, 0.6) is 17.2 Å². The maximum atomic E-state index is 12.8. The zero-order valence-corrected chi connectivity index (χ0v) is 19.8. The van der Waals surface area contributed by atoms with Gasteiger partial charge < -0.3 is 24.1 Å². The standard InChI is InChI=1S/C22H25N3O7S/c1-12-15(13(2)32-24-12)11-19(26)23-6-7-25-21(27)18(33-22(25)28)10-14-8-16(29-3)20(31-5)17(9-14)30-4/h8-10H,6-7,11H2,1-5H3,(H,23,26)/b18-10-. The third kappa shape index (κ3) is 5.30. The van der Waals surface area contributed by atoms with Gasteiger partial charge in [0.25, 0.3) is 11.1 Å². The second-order valence-corrected chi connectivity index (χ2v) is 8.11. The summed E-state index contributed by atoms with van der Waals surface area (Å²) in [6, 6.07) is 3.37. The molecule has 1 aliphatic heterocycles. The lowest BCUT2D eigenvalue weighted by Crippen LogP contribution is -2.37. The monoisotopic (exact) mass is 475 g/mol. The Hall–Kier alpha value is -3.47. The quantitative estimate of drug-likeness (QED) is 0.546. The molecule has 11 heteroatoms. The largest absolute Gasteiger partial charge is 0.493 e. The zero-order chi connectivity index (χ0) is 24.1. The normalized spacial score (nSPS) is 14.7. The Bertz CT molecular complexity index is 1060. The number of nitrogens with one attached hydrogen (secondary N) is 1. The Labute approximate surface area is 195 Å². The highest BCUT2D eigenvalue weighted by Gasteiger charge is 2.34. The van der Waals surface area contributed by atoms with E-state index in [-0.39, 0.29) is 30.3 Å². The van der Waals surface area contributed by atoms with Gasteiger partial charge in [-0.05, 0) is 49.4 Å². The number of aryl methyl sites for hydroxylation is 2. The molecule has 0 saturated carbocycles. The van der Waals surface area contributed by atoms with E-state index in [1.807, 2.05) is 0 Å². The number of aromatic nitrogens is 1. The van der Waals surface area contributed by atoms with Crippen LogP contribution in [0.1, 0.15) is 22.6 Å². The van der Waals surface area contributed by atoms with Gasteiger partial charge in [-0.2, -0.15) is 0 Å². The second kappa shape index (κ2) is 10.4. The molecule has 10 nitrogen and oxygen atoms in total. The molecule has 1 saturated heterocycles. The molecule has 3 amide bonds. The van der Waals surface area contributed by atoms with Gasteiger partial charge in [-0.1, -0.05) is 5.16 Å². The van der Waals surface area contributed by atoms with E-state index in [1.54, 1.807) is 32.1 Å². The first-order valence-electron chi connectivity index (χ1n) is 10.0. The maximum absolute atomic E-state index is 12.8. The molecule has 0 radical (unpaired) electrons. The summed E-state index contributed by atoms with van der Waals surface area (Å²) in [6.45, 7) is 3.70. The minimum Gasteiger partial charge on any atom is -0.493 e. The summed E-state index contributed by atoms with van der Waals surface area (Å²) < 4.78 is 21.0. The number of hydrogen-bond acceptors (Lipinski definition) is 9. The van der Waals surface area contributed by atoms with Gasteiger partial charge in [0.1, 0.15) is 5.76 Å². The summed E-state index contributed by atoms with van der Waals surface area (Å²) in [6.07, 6.45) is 1.70. The molecule has 1 aromatic heterocycles. The van der Waals surface area contributed by atoms with E-state index in [4.69, 9.17) is 18.7 Å². The van der Waals surface area contributed by atoms with Gasteiger partial charge in [-0.3, -0.25) is 19.3 Å². The smallest absolute Gasteiger partial charge is 0.293 e. The van der Waals surface area contributed by atoms with Crippen LogP contribution in [-0.2, 0) is 16.0 Å². The Kier molecular flexibility index (Phi) is 7.64. The van der Waals surface area contributed by atoms with Crippen LogP contribution in [0.15, 0.2) is 21.6 Å². The number of ether oxygens (including phenoxy) is 3. The van der Waals surface area contributed by atoms with Gasteiger partial charge in [0.2, 0.25) is 11.7 Å². The summed E-state index contributed by atoms with van der Waals surface area (Å²) in [5.74, 6) is 1.21. The predicted molar refractivity (Wildman–Crippen MR) is 121 cm³/mol. The Balaban J connectivity index is 1.65. The fraction of sp³-hybridized carbons (Fsp3) is 0.364. The molecule has 3 rings (SSSR count). The fourth-order valence-electron chi connectivity index (χ4n) is 3.31.